The van der Waals surface area contributed by atoms with Crippen LogP contribution < -0.4 is 14.8 Å². The maximum atomic E-state index is 13.3. The van der Waals surface area contributed by atoms with Gasteiger partial charge in [-0.05, 0) is 36.6 Å². The van der Waals surface area contributed by atoms with Gasteiger partial charge in [-0.1, -0.05) is 19.9 Å². The van der Waals surface area contributed by atoms with Crippen molar-refractivity contribution < 1.29 is 29.0 Å². The highest BCUT2D eigenvalue weighted by Crippen LogP contribution is 2.40. The van der Waals surface area contributed by atoms with E-state index in [4.69, 9.17) is 14.6 Å². The largest absolute Gasteiger partial charge is 0.496 e. The highest BCUT2D eigenvalue weighted by Gasteiger charge is 2.42. The standard InChI is InChI=1S/C24H25N3O6/c1-13(2)9-17(22(28)26-20-8-7-14(11-25-20)24(30)31)27-12-15-10-16-18(32-3)5-4-6-19(16)33-21(15)23(27)29/h4-8,11,13,17H,9-10,12H2,1-3H3,(H,30,31)(H,25,26,28)/t17-/m0/s1. The predicted octanol–water partition coefficient (Wildman–Crippen LogP) is 2.87. The number of carboxylic acid groups (broad SMARTS) is 1. The van der Waals surface area contributed by atoms with Gasteiger partial charge in [-0.2, -0.15) is 0 Å². The van der Waals surface area contributed by atoms with Crippen LogP contribution in [0.25, 0.3) is 0 Å². The van der Waals surface area contributed by atoms with Crippen molar-refractivity contribution in [1.82, 2.24) is 9.88 Å². The molecule has 172 valence electrons. The van der Waals surface area contributed by atoms with E-state index < -0.39 is 12.0 Å². The molecular weight excluding hydrogens is 426 g/mol. The Balaban J connectivity index is 1.54. The van der Waals surface area contributed by atoms with E-state index in [0.29, 0.717) is 24.3 Å². The summed E-state index contributed by atoms with van der Waals surface area (Å²) in [4.78, 5) is 43.0. The van der Waals surface area contributed by atoms with Crippen LogP contribution in [0.1, 0.15) is 36.2 Å². The number of amides is 2. The van der Waals surface area contributed by atoms with E-state index in [2.05, 4.69) is 10.3 Å². The second kappa shape index (κ2) is 8.93. The third-order valence-electron chi connectivity index (χ3n) is 5.68. The topological polar surface area (TPSA) is 118 Å². The lowest BCUT2D eigenvalue weighted by Crippen LogP contribution is -2.46. The monoisotopic (exact) mass is 451 g/mol. The van der Waals surface area contributed by atoms with Gasteiger partial charge in [0.25, 0.3) is 5.91 Å². The molecule has 0 saturated carbocycles. The maximum Gasteiger partial charge on any atom is 0.337 e. The molecule has 0 fully saturated rings. The van der Waals surface area contributed by atoms with Crippen LogP contribution in [0.5, 0.6) is 11.5 Å². The SMILES string of the molecule is COc1cccc2c1CC1=C(O2)C(=O)N([C@@H](CC(C)C)C(=O)Nc2ccc(C(=O)O)cn2)C1. The molecule has 33 heavy (non-hydrogen) atoms. The van der Waals surface area contributed by atoms with Crippen molar-refractivity contribution in [2.75, 3.05) is 19.0 Å². The minimum absolute atomic E-state index is 0.0190. The van der Waals surface area contributed by atoms with Crippen molar-refractivity contribution in [3.8, 4) is 11.5 Å². The summed E-state index contributed by atoms with van der Waals surface area (Å²) in [6, 6.07) is 7.50. The lowest BCUT2D eigenvalue weighted by Gasteiger charge is -2.28. The van der Waals surface area contributed by atoms with Crippen molar-refractivity contribution in [1.29, 1.82) is 0 Å². The molecule has 0 spiro atoms. The quantitative estimate of drug-likeness (QED) is 0.665. The number of carboxylic acids is 1. The number of rotatable bonds is 7. The first-order valence-electron chi connectivity index (χ1n) is 10.7. The molecule has 1 aromatic heterocycles. The first kappa shape index (κ1) is 22.3. The number of ether oxygens (including phenoxy) is 2. The fourth-order valence-corrected chi connectivity index (χ4v) is 4.09. The van der Waals surface area contributed by atoms with Crippen molar-refractivity contribution in [3.05, 3.63) is 59.0 Å². The smallest absolute Gasteiger partial charge is 0.337 e. The molecule has 0 unspecified atom stereocenters. The number of carbonyl (C=O) groups is 3. The molecule has 9 heteroatoms. The van der Waals surface area contributed by atoms with E-state index in [0.717, 1.165) is 11.1 Å². The zero-order valence-electron chi connectivity index (χ0n) is 18.6. The van der Waals surface area contributed by atoms with Gasteiger partial charge in [0.15, 0.2) is 5.76 Å². The summed E-state index contributed by atoms with van der Waals surface area (Å²) in [5.41, 5.74) is 1.70. The minimum Gasteiger partial charge on any atom is -0.496 e. The van der Waals surface area contributed by atoms with Gasteiger partial charge in [0, 0.05) is 30.3 Å². The summed E-state index contributed by atoms with van der Waals surface area (Å²) in [6.07, 6.45) is 2.13. The maximum absolute atomic E-state index is 13.3. The Bertz CT molecular complexity index is 1140. The first-order valence-corrected chi connectivity index (χ1v) is 10.7. The fraction of sp³-hybridized carbons (Fsp3) is 0.333. The van der Waals surface area contributed by atoms with Crippen LogP contribution in [0.15, 0.2) is 47.9 Å². The van der Waals surface area contributed by atoms with Gasteiger partial charge in [-0.25, -0.2) is 9.78 Å². The summed E-state index contributed by atoms with van der Waals surface area (Å²) >= 11 is 0. The zero-order valence-corrected chi connectivity index (χ0v) is 18.6. The van der Waals surface area contributed by atoms with Gasteiger partial charge < -0.3 is 24.8 Å². The molecule has 0 saturated heterocycles. The molecule has 1 atom stereocenters. The second-order valence-electron chi connectivity index (χ2n) is 8.45. The van der Waals surface area contributed by atoms with Crippen molar-refractivity contribution >= 4 is 23.6 Å². The molecule has 2 N–H and O–H groups in total. The molecule has 2 aromatic rings. The van der Waals surface area contributed by atoms with E-state index in [1.165, 1.54) is 23.2 Å². The first-order chi connectivity index (χ1) is 15.8. The molecule has 0 radical (unpaired) electrons. The van der Waals surface area contributed by atoms with E-state index in [9.17, 15) is 14.4 Å². The van der Waals surface area contributed by atoms with Gasteiger partial charge in [-0.15, -0.1) is 0 Å². The molecule has 2 aliphatic rings. The Kier molecular flexibility index (Phi) is 6.04. The van der Waals surface area contributed by atoms with E-state index in [1.807, 2.05) is 19.9 Å². The van der Waals surface area contributed by atoms with Crippen LogP contribution in [-0.2, 0) is 16.0 Å². The van der Waals surface area contributed by atoms with E-state index in [-0.39, 0.29) is 41.4 Å². The van der Waals surface area contributed by atoms with Crippen molar-refractivity contribution in [3.63, 3.8) is 0 Å². The average molecular weight is 451 g/mol. The Morgan fingerprint density at radius 1 is 1.27 bits per heavy atom. The predicted molar refractivity (Wildman–Crippen MR) is 119 cm³/mol. The molecule has 2 amide bonds. The zero-order chi connectivity index (χ0) is 23.7. The van der Waals surface area contributed by atoms with Crippen LogP contribution in [0, 0.1) is 5.92 Å². The van der Waals surface area contributed by atoms with Gasteiger partial charge in [0.1, 0.15) is 23.4 Å². The number of anilines is 1. The molecule has 3 heterocycles. The number of carbonyl (C=O) groups excluding carboxylic acids is 2. The molecule has 2 aliphatic heterocycles. The number of pyridine rings is 1. The Hall–Kier alpha value is -3.88. The molecule has 9 nitrogen and oxygen atoms in total. The number of aromatic carboxylic acids is 1. The number of aromatic nitrogens is 1. The summed E-state index contributed by atoms with van der Waals surface area (Å²) in [7, 11) is 1.59. The number of nitrogens with one attached hydrogen (secondary N) is 1. The van der Waals surface area contributed by atoms with Gasteiger partial charge in [0.2, 0.25) is 5.91 Å². The molecule has 0 aliphatic carbocycles. The number of hydrogen-bond donors (Lipinski definition) is 2. The Morgan fingerprint density at radius 2 is 2.06 bits per heavy atom. The Morgan fingerprint density at radius 3 is 2.70 bits per heavy atom. The molecular formula is C24H25N3O6. The highest BCUT2D eigenvalue weighted by atomic mass is 16.5. The minimum atomic E-state index is -1.10. The van der Waals surface area contributed by atoms with Crippen LogP contribution >= 0.6 is 0 Å². The molecule has 0 bridgehead atoms. The summed E-state index contributed by atoms with van der Waals surface area (Å²) < 4.78 is 11.4. The van der Waals surface area contributed by atoms with E-state index in [1.54, 1.807) is 19.2 Å². The summed E-state index contributed by atoms with van der Waals surface area (Å²) in [5, 5.41) is 11.7. The third kappa shape index (κ3) is 4.39. The van der Waals surface area contributed by atoms with Crippen LogP contribution in [-0.4, -0.2) is 52.5 Å². The van der Waals surface area contributed by atoms with Crippen molar-refractivity contribution in [2.45, 2.75) is 32.7 Å². The highest BCUT2D eigenvalue weighted by molar-refractivity contribution is 6.02. The lowest BCUT2D eigenvalue weighted by molar-refractivity contribution is -0.135. The lowest BCUT2D eigenvalue weighted by atomic mass is 10.00. The van der Waals surface area contributed by atoms with Crippen LogP contribution in [0.2, 0.25) is 0 Å². The van der Waals surface area contributed by atoms with E-state index >= 15 is 0 Å². The van der Waals surface area contributed by atoms with Gasteiger partial charge >= 0.3 is 5.97 Å². The molecule has 1 aromatic carbocycles. The fourth-order valence-electron chi connectivity index (χ4n) is 4.09. The summed E-state index contributed by atoms with van der Waals surface area (Å²) in [6.45, 7) is 4.23. The Labute approximate surface area is 191 Å². The summed E-state index contributed by atoms with van der Waals surface area (Å²) in [5.74, 6) is 0.0868. The van der Waals surface area contributed by atoms with Gasteiger partial charge in [-0.3, -0.25) is 9.59 Å². The number of nitrogens with zero attached hydrogens (tertiary/aromatic N) is 2. The van der Waals surface area contributed by atoms with Crippen LogP contribution in [0.4, 0.5) is 5.82 Å². The van der Waals surface area contributed by atoms with Crippen LogP contribution in [0.3, 0.4) is 0 Å². The number of fused-ring (bicyclic) bond motifs is 1. The average Bonchev–Trinajstić information content (AvgIpc) is 3.11. The normalized spacial score (nSPS) is 15.6. The number of methoxy groups -OCH3 is 1. The number of hydrogen-bond acceptors (Lipinski definition) is 6. The van der Waals surface area contributed by atoms with Crippen molar-refractivity contribution in [2.24, 2.45) is 5.92 Å². The molecule has 4 rings (SSSR count). The third-order valence-corrected chi connectivity index (χ3v) is 5.68. The van der Waals surface area contributed by atoms with Gasteiger partial charge in [0.05, 0.1) is 12.7 Å². The second-order valence-corrected chi connectivity index (χ2v) is 8.45. The number of benzene rings is 1.